The molecule has 1 aliphatic rings. The van der Waals surface area contributed by atoms with Crippen LogP contribution >= 0.6 is 0 Å². The van der Waals surface area contributed by atoms with Crippen molar-refractivity contribution in [1.82, 2.24) is 9.80 Å². The molecule has 0 unspecified atom stereocenters. The molecule has 0 amide bonds. The molecule has 88 valence electrons. The van der Waals surface area contributed by atoms with Gasteiger partial charge < -0.3 is 14.2 Å². The van der Waals surface area contributed by atoms with Crippen LogP contribution in [0.3, 0.4) is 0 Å². The molecule has 4 heteroatoms. The Kier molecular flexibility index (Phi) is 3.17. The summed E-state index contributed by atoms with van der Waals surface area (Å²) in [6, 6.07) is 2.00. The van der Waals surface area contributed by atoms with E-state index >= 15 is 0 Å². The van der Waals surface area contributed by atoms with Crippen LogP contribution in [0.25, 0.3) is 0 Å². The summed E-state index contributed by atoms with van der Waals surface area (Å²) in [6.07, 6.45) is 1.74. The van der Waals surface area contributed by atoms with Crippen LogP contribution in [0, 0.1) is 6.92 Å². The molecule has 1 aromatic heterocycles. The Hall–Kier alpha value is -1.45. The maximum absolute atomic E-state index is 5.45. The SMILES string of the molecule is CCN1CCN=C1N(C)Cc1occc1C. The van der Waals surface area contributed by atoms with Gasteiger partial charge in [0, 0.05) is 20.1 Å². The molecule has 0 aromatic carbocycles. The number of likely N-dealkylation sites (N-methyl/N-ethyl adjacent to an activating group) is 1. The van der Waals surface area contributed by atoms with Gasteiger partial charge in [-0.25, -0.2) is 0 Å². The van der Waals surface area contributed by atoms with Crippen molar-refractivity contribution < 1.29 is 4.42 Å². The highest BCUT2D eigenvalue weighted by molar-refractivity contribution is 5.81. The van der Waals surface area contributed by atoms with Gasteiger partial charge in [-0.15, -0.1) is 0 Å². The Balaban J connectivity index is 2.03. The number of aliphatic imine (C=N–C) groups is 1. The first-order valence-electron chi connectivity index (χ1n) is 5.76. The lowest BCUT2D eigenvalue weighted by Gasteiger charge is -2.26. The van der Waals surface area contributed by atoms with Gasteiger partial charge in [-0.2, -0.15) is 0 Å². The smallest absolute Gasteiger partial charge is 0.196 e. The molecule has 0 spiro atoms. The fourth-order valence-electron chi connectivity index (χ4n) is 1.98. The van der Waals surface area contributed by atoms with Crippen molar-refractivity contribution in [3.05, 3.63) is 23.7 Å². The summed E-state index contributed by atoms with van der Waals surface area (Å²) in [4.78, 5) is 8.97. The van der Waals surface area contributed by atoms with Crippen molar-refractivity contribution in [2.24, 2.45) is 4.99 Å². The Morgan fingerprint density at radius 1 is 1.56 bits per heavy atom. The normalized spacial score (nSPS) is 15.4. The molecule has 0 N–H and O–H groups in total. The van der Waals surface area contributed by atoms with Crippen molar-refractivity contribution in [1.29, 1.82) is 0 Å². The maximum Gasteiger partial charge on any atom is 0.196 e. The third kappa shape index (κ3) is 2.05. The quantitative estimate of drug-likeness (QED) is 0.779. The third-order valence-corrected chi connectivity index (χ3v) is 2.98. The number of hydrogen-bond donors (Lipinski definition) is 0. The summed E-state index contributed by atoms with van der Waals surface area (Å²) in [7, 11) is 2.06. The van der Waals surface area contributed by atoms with E-state index in [0.29, 0.717) is 0 Å². The van der Waals surface area contributed by atoms with Crippen molar-refractivity contribution in [2.75, 3.05) is 26.7 Å². The Morgan fingerprint density at radius 2 is 2.38 bits per heavy atom. The van der Waals surface area contributed by atoms with Crippen LogP contribution in [-0.4, -0.2) is 42.4 Å². The molecule has 1 aromatic rings. The van der Waals surface area contributed by atoms with E-state index in [1.807, 2.05) is 6.07 Å². The predicted octanol–water partition coefficient (Wildman–Crippen LogP) is 1.71. The zero-order valence-electron chi connectivity index (χ0n) is 10.2. The molecule has 0 saturated heterocycles. The number of hydrogen-bond acceptors (Lipinski definition) is 4. The summed E-state index contributed by atoms with van der Waals surface area (Å²) in [5.74, 6) is 2.10. The summed E-state index contributed by atoms with van der Waals surface area (Å²) >= 11 is 0. The largest absolute Gasteiger partial charge is 0.467 e. The maximum atomic E-state index is 5.45. The van der Waals surface area contributed by atoms with Gasteiger partial charge in [-0.05, 0) is 25.5 Å². The number of aryl methyl sites for hydroxylation is 1. The van der Waals surface area contributed by atoms with E-state index in [-0.39, 0.29) is 0 Å². The van der Waals surface area contributed by atoms with Gasteiger partial charge in [0.15, 0.2) is 5.96 Å². The summed E-state index contributed by atoms with van der Waals surface area (Å²) in [5.41, 5.74) is 1.20. The van der Waals surface area contributed by atoms with Gasteiger partial charge in [0.1, 0.15) is 5.76 Å². The topological polar surface area (TPSA) is 32.0 Å². The first-order chi connectivity index (χ1) is 7.72. The van der Waals surface area contributed by atoms with Gasteiger partial charge in [-0.1, -0.05) is 0 Å². The lowest BCUT2D eigenvalue weighted by atomic mass is 10.3. The van der Waals surface area contributed by atoms with Crippen LogP contribution in [0.5, 0.6) is 0 Å². The Labute approximate surface area is 96.6 Å². The molecule has 0 saturated carbocycles. The van der Waals surface area contributed by atoms with E-state index in [1.165, 1.54) is 5.56 Å². The minimum Gasteiger partial charge on any atom is -0.467 e. The molecule has 1 aliphatic heterocycles. The molecule has 0 aliphatic carbocycles. The van der Waals surface area contributed by atoms with Crippen LogP contribution in [-0.2, 0) is 6.54 Å². The second-order valence-electron chi connectivity index (χ2n) is 4.14. The van der Waals surface area contributed by atoms with Gasteiger partial charge in [0.25, 0.3) is 0 Å². The van der Waals surface area contributed by atoms with Gasteiger partial charge in [0.05, 0.1) is 19.4 Å². The molecular weight excluding hydrogens is 202 g/mol. The molecule has 0 bridgehead atoms. The fourth-order valence-corrected chi connectivity index (χ4v) is 1.98. The monoisotopic (exact) mass is 221 g/mol. The molecule has 0 radical (unpaired) electrons. The average Bonchev–Trinajstić information content (AvgIpc) is 2.87. The highest BCUT2D eigenvalue weighted by Crippen LogP contribution is 2.13. The second kappa shape index (κ2) is 4.60. The Bertz CT molecular complexity index is 383. The zero-order chi connectivity index (χ0) is 11.5. The highest BCUT2D eigenvalue weighted by Gasteiger charge is 2.19. The predicted molar refractivity (Wildman–Crippen MR) is 64.5 cm³/mol. The van der Waals surface area contributed by atoms with Crippen molar-refractivity contribution >= 4 is 5.96 Å². The van der Waals surface area contributed by atoms with Crippen LogP contribution in [0.4, 0.5) is 0 Å². The van der Waals surface area contributed by atoms with Crippen molar-refractivity contribution in [2.45, 2.75) is 20.4 Å². The van der Waals surface area contributed by atoms with Crippen LogP contribution in [0.1, 0.15) is 18.2 Å². The highest BCUT2D eigenvalue weighted by atomic mass is 16.3. The number of guanidine groups is 1. The van der Waals surface area contributed by atoms with Crippen LogP contribution < -0.4 is 0 Å². The fraction of sp³-hybridized carbons (Fsp3) is 0.583. The Morgan fingerprint density at radius 3 is 3.00 bits per heavy atom. The van der Waals surface area contributed by atoms with E-state index in [1.54, 1.807) is 6.26 Å². The van der Waals surface area contributed by atoms with Crippen LogP contribution in [0.2, 0.25) is 0 Å². The number of rotatable bonds is 3. The lowest BCUT2D eigenvalue weighted by Crippen LogP contribution is -2.39. The third-order valence-electron chi connectivity index (χ3n) is 2.98. The van der Waals surface area contributed by atoms with E-state index in [4.69, 9.17) is 4.42 Å². The van der Waals surface area contributed by atoms with E-state index < -0.39 is 0 Å². The molecule has 16 heavy (non-hydrogen) atoms. The molecule has 2 rings (SSSR count). The van der Waals surface area contributed by atoms with Gasteiger partial charge in [-0.3, -0.25) is 4.99 Å². The minimum atomic E-state index is 0.786. The summed E-state index contributed by atoms with van der Waals surface area (Å²) in [5, 5.41) is 0. The standard InChI is InChI=1S/C12H19N3O/c1-4-15-7-6-13-12(15)14(3)9-11-10(2)5-8-16-11/h5,8H,4,6-7,9H2,1-3H3. The molecule has 0 fully saturated rings. The summed E-state index contributed by atoms with van der Waals surface area (Å²) < 4.78 is 5.45. The molecule has 4 nitrogen and oxygen atoms in total. The van der Waals surface area contributed by atoms with E-state index in [2.05, 4.69) is 35.7 Å². The lowest BCUT2D eigenvalue weighted by molar-refractivity contribution is 0.353. The first-order valence-corrected chi connectivity index (χ1v) is 5.76. The zero-order valence-corrected chi connectivity index (χ0v) is 10.2. The van der Waals surface area contributed by atoms with Crippen LogP contribution in [0.15, 0.2) is 21.7 Å². The average molecular weight is 221 g/mol. The number of nitrogens with zero attached hydrogens (tertiary/aromatic N) is 3. The van der Waals surface area contributed by atoms with Gasteiger partial charge in [0.2, 0.25) is 0 Å². The number of furan rings is 1. The summed E-state index contributed by atoms with van der Waals surface area (Å²) in [6.45, 7) is 7.97. The van der Waals surface area contributed by atoms with E-state index in [9.17, 15) is 0 Å². The van der Waals surface area contributed by atoms with Crippen molar-refractivity contribution in [3.8, 4) is 0 Å². The minimum absolute atomic E-state index is 0.786. The second-order valence-corrected chi connectivity index (χ2v) is 4.14. The first kappa shape index (κ1) is 11.0. The molecule has 0 atom stereocenters. The molecule has 2 heterocycles. The van der Waals surface area contributed by atoms with Gasteiger partial charge >= 0.3 is 0 Å². The van der Waals surface area contributed by atoms with E-state index in [0.717, 1.165) is 37.9 Å². The molecular formula is C12H19N3O. The van der Waals surface area contributed by atoms with Crippen molar-refractivity contribution in [3.63, 3.8) is 0 Å².